The molecule has 1 aliphatic rings. The van der Waals surface area contributed by atoms with Crippen molar-refractivity contribution in [3.63, 3.8) is 0 Å². The normalized spacial score (nSPS) is 14.6. The Bertz CT molecular complexity index is 1070. The molecular weight excluding hydrogens is 386 g/mol. The molecule has 1 aromatic carbocycles. The predicted molar refractivity (Wildman–Crippen MR) is 115 cm³/mol. The number of aromatic nitrogens is 3. The van der Waals surface area contributed by atoms with Gasteiger partial charge in [-0.1, -0.05) is 29.0 Å². The summed E-state index contributed by atoms with van der Waals surface area (Å²) in [6.45, 7) is 9.57. The molecule has 2 aromatic heterocycles. The molecule has 0 unspecified atom stereocenters. The number of hydrogen-bond donors (Lipinski definition) is 1. The number of carbonyl (C=O) groups is 2. The maximum absolute atomic E-state index is 13.0. The fraction of sp³-hybridized carbons (Fsp3) is 0.429. The summed E-state index contributed by atoms with van der Waals surface area (Å²) in [5, 5.41) is 7.95. The lowest BCUT2D eigenvalue weighted by Gasteiger charge is -2.19. The molecule has 0 atom stereocenters. The summed E-state index contributed by atoms with van der Waals surface area (Å²) in [6, 6.07) is 7.38. The monoisotopic (exact) mass is 411 g/mol. The van der Waals surface area contributed by atoms with Crippen LogP contribution >= 0.6 is 11.3 Å². The Labute approximate surface area is 173 Å². The van der Waals surface area contributed by atoms with Crippen molar-refractivity contribution >= 4 is 38.6 Å². The van der Waals surface area contributed by atoms with Crippen molar-refractivity contribution in [3.8, 4) is 0 Å². The van der Waals surface area contributed by atoms with Crippen LogP contribution in [0.5, 0.6) is 0 Å². The van der Waals surface area contributed by atoms with Gasteiger partial charge >= 0.3 is 0 Å². The van der Waals surface area contributed by atoms with Gasteiger partial charge < -0.3 is 4.90 Å². The molecule has 1 saturated heterocycles. The SMILES string of the molecule is Cc1ccc(C(=O)Nc2nc3c(s2)c(C(=O)N2CCCC2)nn3C(C)(C)C)cc1. The summed E-state index contributed by atoms with van der Waals surface area (Å²) in [7, 11) is 0. The van der Waals surface area contributed by atoms with Gasteiger partial charge in [0.25, 0.3) is 11.8 Å². The fourth-order valence-electron chi connectivity index (χ4n) is 3.41. The zero-order valence-corrected chi connectivity index (χ0v) is 18.0. The average Bonchev–Trinajstić information content (AvgIpc) is 3.37. The third kappa shape index (κ3) is 3.76. The number of nitrogens with zero attached hydrogens (tertiary/aromatic N) is 4. The van der Waals surface area contributed by atoms with E-state index in [4.69, 9.17) is 0 Å². The molecule has 7 nitrogen and oxygen atoms in total. The van der Waals surface area contributed by atoms with Crippen molar-refractivity contribution in [2.45, 2.75) is 46.1 Å². The van der Waals surface area contributed by atoms with Gasteiger partial charge in [-0.15, -0.1) is 0 Å². The van der Waals surface area contributed by atoms with E-state index in [0.29, 0.717) is 22.0 Å². The Balaban J connectivity index is 1.70. The Morgan fingerprint density at radius 2 is 1.76 bits per heavy atom. The zero-order chi connectivity index (χ0) is 20.8. The van der Waals surface area contributed by atoms with Crippen LogP contribution in [0.25, 0.3) is 10.3 Å². The molecule has 4 rings (SSSR count). The molecule has 3 heterocycles. The molecule has 8 heteroatoms. The van der Waals surface area contributed by atoms with Gasteiger partial charge in [-0.25, -0.2) is 4.68 Å². The molecule has 0 radical (unpaired) electrons. The Morgan fingerprint density at radius 3 is 2.38 bits per heavy atom. The topological polar surface area (TPSA) is 80.1 Å². The van der Waals surface area contributed by atoms with Crippen LogP contribution in [-0.2, 0) is 5.54 Å². The lowest BCUT2D eigenvalue weighted by molar-refractivity contribution is 0.0787. The van der Waals surface area contributed by atoms with Crippen molar-refractivity contribution < 1.29 is 9.59 Å². The third-order valence-electron chi connectivity index (χ3n) is 4.99. The molecule has 0 spiro atoms. The number of nitrogens with one attached hydrogen (secondary N) is 1. The average molecular weight is 412 g/mol. The van der Waals surface area contributed by atoms with E-state index in [1.54, 1.807) is 16.8 Å². The first-order chi connectivity index (χ1) is 13.7. The molecule has 2 amide bonds. The molecule has 1 N–H and O–H groups in total. The van der Waals surface area contributed by atoms with Gasteiger partial charge in [0.15, 0.2) is 16.5 Å². The third-order valence-corrected chi connectivity index (χ3v) is 5.96. The summed E-state index contributed by atoms with van der Waals surface area (Å²) in [6.07, 6.45) is 2.05. The van der Waals surface area contributed by atoms with Crippen LogP contribution in [-0.4, -0.2) is 44.6 Å². The van der Waals surface area contributed by atoms with Gasteiger partial charge in [0.05, 0.1) is 5.54 Å². The highest BCUT2D eigenvalue weighted by atomic mass is 32.1. The number of carbonyl (C=O) groups excluding carboxylic acids is 2. The van der Waals surface area contributed by atoms with Crippen molar-refractivity contribution in [2.24, 2.45) is 0 Å². The van der Waals surface area contributed by atoms with Crippen LogP contribution < -0.4 is 5.32 Å². The Hall–Kier alpha value is -2.74. The van der Waals surface area contributed by atoms with Gasteiger partial charge in [0, 0.05) is 18.7 Å². The van der Waals surface area contributed by atoms with Crippen molar-refractivity contribution in [3.05, 3.63) is 41.1 Å². The zero-order valence-electron chi connectivity index (χ0n) is 17.2. The summed E-state index contributed by atoms with van der Waals surface area (Å²) >= 11 is 1.30. The van der Waals surface area contributed by atoms with Crippen LogP contribution in [0.3, 0.4) is 0 Å². The number of likely N-dealkylation sites (tertiary alicyclic amines) is 1. The first kappa shape index (κ1) is 19.6. The number of fused-ring (bicyclic) bond motifs is 1. The minimum atomic E-state index is -0.339. The van der Waals surface area contributed by atoms with E-state index in [1.807, 2.05) is 44.7 Å². The van der Waals surface area contributed by atoms with Gasteiger partial charge in [0.2, 0.25) is 0 Å². The Kier molecular flexibility index (Phi) is 4.90. The van der Waals surface area contributed by atoms with Crippen LogP contribution in [0.2, 0.25) is 0 Å². The molecule has 3 aromatic rings. The number of amides is 2. The maximum atomic E-state index is 13.0. The summed E-state index contributed by atoms with van der Waals surface area (Å²) in [4.78, 5) is 32.1. The quantitative estimate of drug-likeness (QED) is 0.705. The van der Waals surface area contributed by atoms with Crippen LogP contribution in [0, 0.1) is 6.92 Å². The highest BCUT2D eigenvalue weighted by Gasteiger charge is 2.30. The second-order valence-corrected chi connectivity index (χ2v) is 9.42. The van der Waals surface area contributed by atoms with E-state index >= 15 is 0 Å². The second kappa shape index (κ2) is 7.26. The number of rotatable bonds is 3. The molecule has 0 saturated carbocycles. The summed E-state index contributed by atoms with van der Waals surface area (Å²) in [5.74, 6) is -0.278. The van der Waals surface area contributed by atoms with Gasteiger partial charge in [-0.3, -0.25) is 14.9 Å². The van der Waals surface area contributed by atoms with E-state index in [-0.39, 0.29) is 17.4 Å². The number of hydrogen-bond acceptors (Lipinski definition) is 5. The van der Waals surface area contributed by atoms with E-state index in [2.05, 4.69) is 15.4 Å². The highest BCUT2D eigenvalue weighted by Crippen LogP contribution is 2.33. The van der Waals surface area contributed by atoms with Crippen molar-refractivity contribution in [2.75, 3.05) is 18.4 Å². The number of aryl methyl sites for hydroxylation is 1. The van der Waals surface area contributed by atoms with Crippen molar-refractivity contribution in [1.82, 2.24) is 19.7 Å². The van der Waals surface area contributed by atoms with E-state index < -0.39 is 0 Å². The molecule has 1 fully saturated rings. The molecule has 0 aliphatic carbocycles. The van der Waals surface area contributed by atoms with Crippen LogP contribution in [0.4, 0.5) is 5.13 Å². The van der Waals surface area contributed by atoms with E-state index in [0.717, 1.165) is 36.2 Å². The lowest BCUT2D eigenvalue weighted by Crippen LogP contribution is -2.29. The second-order valence-electron chi connectivity index (χ2n) is 8.42. The van der Waals surface area contributed by atoms with Crippen molar-refractivity contribution in [1.29, 1.82) is 0 Å². The molecule has 152 valence electrons. The fourth-order valence-corrected chi connectivity index (χ4v) is 4.33. The maximum Gasteiger partial charge on any atom is 0.275 e. The molecular formula is C21H25N5O2S. The Morgan fingerprint density at radius 1 is 1.10 bits per heavy atom. The summed E-state index contributed by atoms with van der Waals surface area (Å²) < 4.78 is 2.50. The van der Waals surface area contributed by atoms with E-state index in [9.17, 15) is 9.59 Å². The number of anilines is 1. The van der Waals surface area contributed by atoms with Crippen LogP contribution in [0.15, 0.2) is 24.3 Å². The largest absolute Gasteiger partial charge is 0.337 e. The molecule has 1 aliphatic heterocycles. The standard InChI is InChI=1S/C21H25N5O2S/c1-13-7-9-14(10-8-13)18(27)23-20-22-17-16(29-20)15(24-26(17)21(2,3)4)19(28)25-11-5-6-12-25/h7-10H,5-6,11-12H2,1-4H3,(H,22,23,27). The predicted octanol–water partition coefficient (Wildman–Crippen LogP) is 4.04. The van der Waals surface area contributed by atoms with Crippen LogP contribution in [0.1, 0.15) is 60.0 Å². The van der Waals surface area contributed by atoms with Gasteiger partial charge in [-0.05, 0) is 52.7 Å². The summed E-state index contributed by atoms with van der Waals surface area (Å²) in [5.41, 5.74) is 2.38. The van der Waals surface area contributed by atoms with E-state index in [1.165, 1.54) is 11.3 Å². The minimum absolute atomic E-state index is 0.0597. The van der Waals surface area contributed by atoms with Gasteiger partial charge in [-0.2, -0.15) is 10.1 Å². The first-order valence-corrected chi connectivity index (χ1v) is 10.6. The molecule has 0 bridgehead atoms. The first-order valence-electron chi connectivity index (χ1n) is 9.81. The molecule has 29 heavy (non-hydrogen) atoms. The highest BCUT2D eigenvalue weighted by molar-refractivity contribution is 7.22. The smallest absolute Gasteiger partial charge is 0.275 e. The van der Waals surface area contributed by atoms with Gasteiger partial charge in [0.1, 0.15) is 4.70 Å². The number of benzene rings is 1. The minimum Gasteiger partial charge on any atom is -0.337 e. The lowest BCUT2D eigenvalue weighted by atomic mass is 10.1. The number of thiazole rings is 1.